The molecule has 2 fully saturated rings. The van der Waals surface area contributed by atoms with E-state index in [0.717, 1.165) is 51.2 Å². The molecule has 21 heavy (non-hydrogen) atoms. The highest BCUT2D eigenvalue weighted by molar-refractivity contribution is 5.77. The number of aromatic nitrogens is 2. The zero-order chi connectivity index (χ0) is 14.5. The topological polar surface area (TPSA) is 77.7 Å². The smallest absolute Gasteiger partial charge is 0.248 e. The highest BCUT2D eigenvalue weighted by atomic mass is 16.5. The molecule has 1 unspecified atom stereocenters. The molecule has 3 rings (SSSR count). The van der Waals surface area contributed by atoms with Crippen LogP contribution in [0, 0.1) is 0 Å². The molecule has 2 aliphatic heterocycles. The van der Waals surface area contributed by atoms with Crippen LogP contribution in [0.4, 0.5) is 0 Å². The summed E-state index contributed by atoms with van der Waals surface area (Å²) in [7, 11) is 0. The Kier molecular flexibility index (Phi) is 4.82. The first-order valence-corrected chi connectivity index (χ1v) is 7.56. The van der Waals surface area contributed by atoms with E-state index in [1.165, 1.54) is 6.39 Å². The minimum atomic E-state index is 0.0551. The van der Waals surface area contributed by atoms with E-state index in [1.54, 1.807) is 0 Å². The number of hydrogen-bond donors (Lipinski definition) is 0. The molecule has 0 aliphatic carbocycles. The fourth-order valence-corrected chi connectivity index (χ4v) is 2.89. The minimum Gasteiger partial charge on any atom is -0.376 e. The predicted octanol–water partition coefficient (Wildman–Crippen LogP) is 0.971. The molecule has 1 amide bonds. The van der Waals surface area contributed by atoms with Crippen molar-refractivity contribution in [1.82, 2.24) is 15.0 Å². The lowest BCUT2D eigenvalue weighted by atomic mass is 9.96. The molecule has 0 saturated carbocycles. The Morgan fingerprint density at radius 1 is 1.38 bits per heavy atom. The molecule has 0 spiro atoms. The van der Waals surface area contributed by atoms with Gasteiger partial charge in [0.2, 0.25) is 12.3 Å². The van der Waals surface area contributed by atoms with Gasteiger partial charge in [-0.25, -0.2) is 0 Å². The third-order valence-electron chi connectivity index (χ3n) is 4.14. The van der Waals surface area contributed by atoms with Gasteiger partial charge >= 0.3 is 0 Å². The average Bonchev–Trinajstić information content (AvgIpc) is 3.21. The van der Waals surface area contributed by atoms with Gasteiger partial charge in [-0.1, -0.05) is 5.16 Å². The number of carbonyl (C=O) groups is 1. The monoisotopic (exact) mass is 295 g/mol. The summed E-state index contributed by atoms with van der Waals surface area (Å²) in [5, 5.41) is 3.88. The maximum Gasteiger partial charge on any atom is 0.248 e. The van der Waals surface area contributed by atoms with Crippen molar-refractivity contribution in [3.05, 3.63) is 12.2 Å². The lowest BCUT2D eigenvalue weighted by Gasteiger charge is -2.30. The van der Waals surface area contributed by atoms with Crippen LogP contribution in [-0.2, 0) is 14.3 Å². The summed E-state index contributed by atoms with van der Waals surface area (Å²) in [4.78, 5) is 18.0. The predicted molar refractivity (Wildman–Crippen MR) is 72.6 cm³/mol. The van der Waals surface area contributed by atoms with Crippen molar-refractivity contribution in [1.29, 1.82) is 0 Å². The Morgan fingerprint density at radius 3 is 2.90 bits per heavy atom. The summed E-state index contributed by atoms with van der Waals surface area (Å²) in [6, 6.07) is 0. The van der Waals surface area contributed by atoms with Crippen molar-refractivity contribution in [2.75, 3.05) is 32.9 Å². The standard InChI is InChI=1S/C14H21N3O4/c18-13(9-19-8-12-2-1-7-20-12)17-5-3-11(4-6-17)14-15-10-21-16-14/h10-12H,1-9H2. The van der Waals surface area contributed by atoms with Gasteiger partial charge in [0, 0.05) is 25.6 Å². The number of hydrogen-bond acceptors (Lipinski definition) is 6. The van der Waals surface area contributed by atoms with Crippen LogP contribution in [0.2, 0.25) is 0 Å². The molecule has 1 aromatic heterocycles. The summed E-state index contributed by atoms with van der Waals surface area (Å²) < 4.78 is 15.7. The van der Waals surface area contributed by atoms with Crippen LogP contribution in [0.1, 0.15) is 37.4 Å². The van der Waals surface area contributed by atoms with Gasteiger partial charge in [-0.3, -0.25) is 4.79 Å². The Bertz CT molecular complexity index is 437. The van der Waals surface area contributed by atoms with Crippen molar-refractivity contribution < 1.29 is 18.8 Å². The molecule has 1 atom stereocenters. The van der Waals surface area contributed by atoms with Gasteiger partial charge < -0.3 is 18.9 Å². The van der Waals surface area contributed by atoms with E-state index in [9.17, 15) is 4.79 Å². The normalized spacial score (nSPS) is 23.6. The molecular formula is C14H21N3O4. The van der Waals surface area contributed by atoms with Crippen molar-refractivity contribution in [3.8, 4) is 0 Å². The van der Waals surface area contributed by atoms with Crippen LogP contribution < -0.4 is 0 Å². The highest BCUT2D eigenvalue weighted by Gasteiger charge is 2.26. The number of piperidine rings is 1. The Labute approximate surface area is 123 Å². The van der Waals surface area contributed by atoms with Gasteiger partial charge in [0.05, 0.1) is 12.7 Å². The first-order chi connectivity index (χ1) is 10.3. The van der Waals surface area contributed by atoms with E-state index in [1.807, 2.05) is 4.90 Å². The van der Waals surface area contributed by atoms with E-state index in [4.69, 9.17) is 14.0 Å². The second-order valence-electron chi connectivity index (χ2n) is 5.59. The van der Waals surface area contributed by atoms with Gasteiger partial charge in [0.1, 0.15) is 6.61 Å². The molecule has 7 nitrogen and oxygen atoms in total. The van der Waals surface area contributed by atoms with Crippen LogP contribution in [-0.4, -0.2) is 60.0 Å². The van der Waals surface area contributed by atoms with E-state index >= 15 is 0 Å². The van der Waals surface area contributed by atoms with Gasteiger partial charge in [0.15, 0.2) is 5.82 Å². The maximum atomic E-state index is 12.1. The summed E-state index contributed by atoms with van der Waals surface area (Å²) >= 11 is 0. The van der Waals surface area contributed by atoms with Crippen molar-refractivity contribution in [2.45, 2.75) is 37.7 Å². The molecule has 7 heteroatoms. The van der Waals surface area contributed by atoms with E-state index in [0.29, 0.717) is 12.5 Å². The Balaban J connectivity index is 1.36. The third kappa shape index (κ3) is 3.79. The second-order valence-corrected chi connectivity index (χ2v) is 5.59. The quantitative estimate of drug-likeness (QED) is 0.805. The first kappa shape index (κ1) is 14.5. The maximum absolute atomic E-state index is 12.1. The van der Waals surface area contributed by atoms with Gasteiger partial charge in [-0.15, -0.1) is 0 Å². The molecule has 3 heterocycles. The molecule has 2 aliphatic rings. The lowest BCUT2D eigenvalue weighted by molar-refractivity contribution is -0.138. The molecule has 116 valence electrons. The summed E-state index contributed by atoms with van der Waals surface area (Å²) in [5.74, 6) is 1.09. The first-order valence-electron chi connectivity index (χ1n) is 7.56. The van der Waals surface area contributed by atoms with E-state index in [-0.39, 0.29) is 18.6 Å². The van der Waals surface area contributed by atoms with Crippen LogP contribution in [0.25, 0.3) is 0 Å². The fraction of sp³-hybridized carbons (Fsp3) is 0.786. The van der Waals surface area contributed by atoms with Crippen molar-refractivity contribution in [2.24, 2.45) is 0 Å². The summed E-state index contributed by atoms with van der Waals surface area (Å²) in [6.45, 7) is 2.92. The summed E-state index contributed by atoms with van der Waals surface area (Å²) in [6.07, 6.45) is 5.39. The molecule has 0 bridgehead atoms. The van der Waals surface area contributed by atoms with Crippen molar-refractivity contribution in [3.63, 3.8) is 0 Å². The highest BCUT2D eigenvalue weighted by Crippen LogP contribution is 2.25. The molecular weight excluding hydrogens is 274 g/mol. The van der Waals surface area contributed by atoms with E-state index in [2.05, 4.69) is 10.1 Å². The van der Waals surface area contributed by atoms with Gasteiger partial charge in [-0.05, 0) is 25.7 Å². The zero-order valence-electron chi connectivity index (χ0n) is 12.1. The summed E-state index contributed by atoms with van der Waals surface area (Å²) in [5.41, 5.74) is 0. The lowest BCUT2D eigenvalue weighted by Crippen LogP contribution is -2.40. The Morgan fingerprint density at radius 2 is 2.24 bits per heavy atom. The largest absolute Gasteiger partial charge is 0.376 e. The molecule has 1 aromatic rings. The minimum absolute atomic E-state index is 0.0551. The number of nitrogens with zero attached hydrogens (tertiary/aromatic N) is 3. The van der Waals surface area contributed by atoms with E-state index < -0.39 is 0 Å². The SMILES string of the molecule is O=C(COCC1CCCO1)N1CCC(c2ncon2)CC1. The van der Waals surface area contributed by atoms with Crippen LogP contribution in [0.15, 0.2) is 10.9 Å². The van der Waals surface area contributed by atoms with Crippen LogP contribution in [0.3, 0.4) is 0 Å². The molecule has 0 N–H and O–H groups in total. The number of amides is 1. The van der Waals surface area contributed by atoms with Gasteiger partial charge in [0.25, 0.3) is 0 Å². The molecule has 0 radical (unpaired) electrons. The zero-order valence-corrected chi connectivity index (χ0v) is 12.1. The number of ether oxygens (including phenoxy) is 2. The van der Waals surface area contributed by atoms with Crippen LogP contribution >= 0.6 is 0 Å². The molecule has 0 aromatic carbocycles. The van der Waals surface area contributed by atoms with Crippen molar-refractivity contribution >= 4 is 5.91 Å². The number of rotatable bonds is 5. The van der Waals surface area contributed by atoms with Crippen LogP contribution in [0.5, 0.6) is 0 Å². The molecule has 2 saturated heterocycles. The second kappa shape index (κ2) is 7.00. The Hall–Kier alpha value is -1.47. The fourth-order valence-electron chi connectivity index (χ4n) is 2.89. The van der Waals surface area contributed by atoms with Gasteiger partial charge in [-0.2, -0.15) is 4.98 Å². The third-order valence-corrected chi connectivity index (χ3v) is 4.14. The average molecular weight is 295 g/mol. The number of carbonyl (C=O) groups excluding carboxylic acids is 1. The number of likely N-dealkylation sites (tertiary alicyclic amines) is 1.